The summed E-state index contributed by atoms with van der Waals surface area (Å²) in [4.78, 5) is 11.1. The number of hydrogen-bond donors (Lipinski definition) is 2. The Labute approximate surface area is 106 Å². The Hall–Kier alpha value is -1.26. The van der Waals surface area contributed by atoms with E-state index < -0.39 is 0 Å². The predicted octanol–water partition coefficient (Wildman–Crippen LogP) is 1.49. The molecule has 3 N–H and O–H groups in total. The summed E-state index contributed by atoms with van der Waals surface area (Å²) < 4.78 is 5.47. The van der Waals surface area contributed by atoms with E-state index in [9.17, 15) is 4.79 Å². The van der Waals surface area contributed by atoms with Crippen molar-refractivity contribution in [2.24, 2.45) is 5.73 Å². The number of halogens is 1. The topological polar surface area (TPSA) is 64.3 Å². The number of carbonyl (C=O) groups excluding carboxylic acids is 1. The molecule has 0 aromatic heterocycles. The average Bonchev–Trinajstić information content (AvgIpc) is 2.29. The maximum atomic E-state index is 11.1. The Morgan fingerprint density at radius 1 is 1.53 bits per heavy atom. The molecule has 0 bridgehead atoms. The smallest absolute Gasteiger partial charge is 0.221 e. The van der Waals surface area contributed by atoms with Crippen LogP contribution in [0, 0.1) is 6.92 Å². The standard InChI is InChI=1S/C12H17ClN2O2/c1-9-8-10(2-3-11(9)13)17-7-6-15-12(16)4-5-14/h2-3,8H,4-7,14H2,1H3,(H,15,16). The fourth-order valence-corrected chi connectivity index (χ4v) is 1.40. The second kappa shape index (κ2) is 7.14. The molecule has 17 heavy (non-hydrogen) atoms. The van der Waals surface area contributed by atoms with Crippen LogP contribution < -0.4 is 15.8 Å². The SMILES string of the molecule is Cc1cc(OCCNC(=O)CCN)ccc1Cl. The molecule has 0 saturated carbocycles. The number of ether oxygens (including phenoxy) is 1. The largest absolute Gasteiger partial charge is 0.492 e. The summed E-state index contributed by atoms with van der Waals surface area (Å²) in [5.74, 6) is 0.698. The van der Waals surface area contributed by atoms with Crippen molar-refractivity contribution in [2.75, 3.05) is 19.7 Å². The maximum Gasteiger partial charge on any atom is 0.221 e. The van der Waals surface area contributed by atoms with Gasteiger partial charge in [-0.25, -0.2) is 0 Å². The first-order valence-electron chi connectivity index (χ1n) is 5.49. The van der Waals surface area contributed by atoms with E-state index in [1.165, 1.54) is 0 Å². The number of nitrogens with two attached hydrogens (primary N) is 1. The molecule has 0 heterocycles. The average molecular weight is 257 g/mol. The minimum atomic E-state index is -0.0524. The van der Waals surface area contributed by atoms with Crippen LogP contribution in [-0.2, 0) is 4.79 Å². The van der Waals surface area contributed by atoms with Crippen LogP contribution in [0.1, 0.15) is 12.0 Å². The van der Waals surface area contributed by atoms with Gasteiger partial charge < -0.3 is 15.8 Å². The molecule has 5 heteroatoms. The van der Waals surface area contributed by atoms with Gasteiger partial charge in [0.1, 0.15) is 12.4 Å². The van der Waals surface area contributed by atoms with Crippen molar-refractivity contribution in [1.29, 1.82) is 0 Å². The van der Waals surface area contributed by atoms with Gasteiger partial charge in [0.25, 0.3) is 0 Å². The molecule has 1 rings (SSSR count). The molecule has 1 aromatic carbocycles. The number of benzene rings is 1. The molecule has 0 aliphatic rings. The number of nitrogens with one attached hydrogen (secondary N) is 1. The van der Waals surface area contributed by atoms with Gasteiger partial charge in [-0.05, 0) is 30.7 Å². The number of aryl methyl sites for hydroxylation is 1. The van der Waals surface area contributed by atoms with E-state index in [1.807, 2.05) is 13.0 Å². The molecule has 0 unspecified atom stereocenters. The van der Waals surface area contributed by atoms with Crippen LogP contribution in [0.4, 0.5) is 0 Å². The van der Waals surface area contributed by atoms with Gasteiger partial charge in [0.05, 0.1) is 6.54 Å². The molecule has 1 aromatic rings. The van der Waals surface area contributed by atoms with Crippen LogP contribution in [0.25, 0.3) is 0 Å². The molecule has 0 spiro atoms. The van der Waals surface area contributed by atoms with E-state index in [1.54, 1.807) is 12.1 Å². The minimum Gasteiger partial charge on any atom is -0.492 e. The fraction of sp³-hybridized carbons (Fsp3) is 0.417. The third kappa shape index (κ3) is 5.06. The first-order chi connectivity index (χ1) is 8.13. The number of rotatable bonds is 6. The summed E-state index contributed by atoms with van der Waals surface area (Å²) >= 11 is 5.89. The van der Waals surface area contributed by atoms with Crippen molar-refractivity contribution in [1.82, 2.24) is 5.32 Å². The van der Waals surface area contributed by atoms with Crippen molar-refractivity contribution in [3.05, 3.63) is 28.8 Å². The summed E-state index contributed by atoms with van der Waals surface area (Å²) in [5.41, 5.74) is 6.22. The van der Waals surface area contributed by atoms with Crippen LogP contribution in [0.5, 0.6) is 5.75 Å². The van der Waals surface area contributed by atoms with Gasteiger partial charge in [-0.1, -0.05) is 11.6 Å². The van der Waals surface area contributed by atoms with Crippen LogP contribution in [0.2, 0.25) is 5.02 Å². The Morgan fingerprint density at radius 2 is 2.29 bits per heavy atom. The zero-order valence-corrected chi connectivity index (χ0v) is 10.6. The number of amides is 1. The second-order valence-corrected chi connectivity index (χ2v) is 4.06. The zero-order valence-electron chi connectivity index (χ0n) is 9.83. The summed E-state index contributed by atoms with van der Waals surface area (Å²) in [6.45, 7) is 3.18. The molecule has 1 amide bonds. The van der Waals surface area contributed by atoms with Crippen LogP contribution in [0.15, 0.2) is 18.2 Å². The third-order valence-electron chi connectivity index (χ3n) is 2.19. The van der Waals surface area contributed by atoms with E-state index in [0.29, 0.717) is 31.1 Å². The van der Waals surface area contributed by atoms with Crippen molar-refractivity contribution >= 4 is 17.5 Å². The van der Waals surface area contributed by atoms with E-state index in [0.717, 1.165) is 11.3 Å². The van der Waals surface area contributed by atoms with Gasteiger partial charge in [0, 0.05) is 18.0 Å². The lowest BCUT2D eigenvalue weighted by molar-refractivity contribution is -0.120. The van der Waals surface area contributed by atoms with Crippen LogP contribution in [-0.4, -0.2) is 25.6 Å². The summed E-state index contributed by atoms with van der Waals surface area (Å²) in [6.07, 6.45) is 0.347. The molecule has 0 aliphatic heterocycles. The Bertz CT molecular complexity index is 383. The Kier molecular flexibility index (Phi) is 5.80. The van der Waals surface area contributed by atoms with E-state index >= 15 is 0 Å². The van der Waals surface area contributed by atoms with Gasteiger partial charge in [-0.2, -0.15) is 0 Å². The lowest BCUT2D eigenvalue weighted by Gasteiger charge is -2.08. The number of hydrogen-bond acceptors (Lipinski definition) is 3. The Morgan fingerprint density at radius 3 is 2.94 bits per heavy atom. The van der Waals surface area contributed by atoms with Crippen LogP contribution >= 0.6 is 11.6 Å². The molecular weight excluding hydrogens is 240 g/mol. The maximum absolute atomic E-state index is 11.1. The molecule has 0 radical (unpaired) electrons. The van der Waals surface area contributed by atoms with Crippen molar-refractivity contribution in [2.45, 2.75) is 13.3 Å². The normalized spacial score (nSPS) is 10.1. The quantitative estimate of drug-likeness (QED) is 0.758. The molecule has 0 saturated heterocycles. The molecule has 94 valence electrons. The summed E-state index contributed by atoms with van der Waals surface area (Å²) in [7, 11) is 0. The van der Waals surface area contributed by atoms with Crippen molar-refractivity contribution in [3.8, 4) is 5.75 Å². The van der Waals surface area contributed by atoms with Crippen molar-refractivity contribution in [3.63, 3.8) is 0 Å². The van der Waals surface area contributed by atoms with E-state index in [4.69, 9.17) is 22.1 Å². The Balaban J connectivity index is 2.26. The van der Waals surface area contributed by atoms with Gasteiger partial charge in [0.15, 0.2) is 0 Å². The fourth-order valence-electron chi connectivity index (χ4n) is 1.29. The summed E-state index contributed by atoms with van der Waals surface area (Å²) in [5, 5.41) is 3.43. The first-order valence-corrected chi connectivity index (χ1v) is 5.87. The zero-order chi connectivity index (χ0) is 12.7. The van der Waals surface area contributed by atoms with Crippen molar-refractivity contribution < 1.29 is 9.53 Å². The highest BCUT2D eigenvalue weighted by Gasteiger charge is 2.00. The predicted molar refractivity (Wildman–Crippen MR) is 68.4 cm³/mol. The molecule has 4 nitrogen and oxygen atoms in total. The first kappa shape index (κ1) is 13.8. The lowest BCUT2D eigenvalue weighted by Crippen LogP contribution is -2.29. The van der Waals surface area contributed by atoms with Gasteiger partial charge in [0.2, 0.25) is 5.91 Å². The van der Waals surface area contributed by atoms with E-state index in [-0.39, 0.29) is 5.91 Å². The minimum absolute atomic E-state index is 0.0524. The molecule has 0 atom stereocenters. The highest BCUT2D eigenvalue weighted by atomic mass is 35.5. The summed E-state index contributed by atoms with van der Waals surface area (Å²) in [6, 6.07) is 5.46. The lowest BCUT2D eigenvalue weighted by atomic mass is 10.2. The van der Waals surface area contributed by atoms with Gasteiger partial charge in [-0.15, -0.1) is 0 Å². The second-order valence-electron chi connectivity index (χ2n) is 3.65. The highest BCUT2D eigenvalue weighted by Crippen LogP contribution is 2.20. The number of carbonyl (C=O) groups is 1. The van der Waals surface area contributed by atoms with Gasteiger partial charge in [-0.3, -0.25) is 4.79 Å². The third-order valence-corrected chi connectivity index (χ3v) is 2.62. The monoisotopic (exact) mass is 256 g/mol. The molecule has 0 aliphatic carbocycles. The molecular formula is C12H17ClN2O2. The van der Waals surface area contributed by atoms with E-state index in [2.05, 4.69) is 5.32 Å². The van der Waals surface area contributed by atoms with Crippen LogP contribution in [0.3, 0.4) is 0 Å². The highest BCUT2D eigenvalue weighted by molar-refractivity contribution is 6.31. The molecule has 0 fully saturated rings. The van der Waals surface area contributed by atoms with Gasteiger partial charge >= 0.3 is 0 Å².